The van der Waals surface area contributed by atoms with Gasteiger partial charge in [0.15, 0.2) is 0 Å². The van der Waals surface area contributed by atoms with E-state index >= 15 is 0 Å². The van der Waals surface area contributed by atoms with Crippen molar-refractivity contribution in [2.75, 3.05) is 13.1 Å². The summed E-state index contributed by atoms with van der Waals surface area (Å²) in [7, 11) is 1.58. The van der Waals surface area contributed by atoms with E-state index in [0.717, 1.165) is 18.6 Å². The fraction of sp³-hybridized carbons (Fsp3) is 0.421. The minimum absolute atomic E-state index is 0. The summed E-state index contributed by atoms with van der Waals surface area (Å²) in [5, 5.41) is 4.75. The SMILES string of the molecule is C.Cn1nc(CC(=O)N2CCC(Oc3cccc(Cl)c3)CC2)ccc1=O. The first kappa shape index (κ1) is 20.0. The third-order valence-electron chi connectivity index (χ3n) is 4.24. The van der Waals surface area contributed by atoms with Gasteiger partial charge >= 0.3 is 0 Å². The average molecular weight is 378 g/mol. The highest BCUT2D eigenvalue weighted by molar-refractivity contribution is 6.30. The Kier molecular flexibility index (Phi) is 6.80. The van der Waals surface area contributed by atoms with Gasteiger partial charge in [0.1, 0.15) is 11.9 Å². The molecular weight excluding hydrogens is 354 g/mol. The molecule has 6 nitrogen and oxygen atoms in total. The van der Waals surface area contributed by atoms with Crippen LogP contribution < -0.4 is 10.3 Å². The number of carbonyl (C=O) groups excluding carboxylic acids is 1. The van der Waals surface area contributed by atoms with Crippen molar-refractivity contribution in [2.24, 2.45) is 7.05 Å². The van der Waals surface area contributed by atoms with Gasteiger partial charge in [0.05, 0.1) is 12.1 Å². The lowest BCUT2D eigenvalue weighted by Crippen LogP contribution is -2.42. The maximum absolute atomic E-state index is 12.4. The van der Waals surface area contributed by atoms with Gasteiger partial charge in [0.2, 0.25) is 5.91 Å². The van der Waals surface area contributed by atoms with Crippen molar-refractivity contribution in [1.82, 2.24) is 14.7 Å². The predicted molar refractivity (Wildman–Crippen MR) is 102 cm³/mol. The largest absolute Gasteiger partial charge is 0.490 e. The highest BCUT2D eigenvalue weighted by atomic mass is 35.5. The molecule has 0 atom stereocenters. The van der Waals surface area contributed by atoms with Crippen LogP contribution in [0.2, 0.25) is 5.02 Å². The number of halogens is 1. The number of aromatic nitrogens is 2. The third-order valence-corrected chi connectivity index (χ3v) is 4.48. The number of ether oxygens (including phenoxy) is 1. The highest BCUT2D eigenvalue weighted by Crippen LogP contribution is 2.22. The van der Waals surface area contributed by atoms with Crippen molar-refractivity contribution < 1.29 is 9.53 Å². The van der Waals surface area contributed by atoms with Gasteiger partial charge in [-0.3, -0.25) is 9.59 Å². The average Bonchev–Trinajstić information content (AvgIpc) is 2.59. The van der Waals surface area contributed by atoms with Crippen LogP contribution in [0.25, 0.3) is 0 Å². The van der Waals surface area contributed by atoms with E-state index in [-0.39, 0.29) is 31.4 Å². The molecule has 1 aromatic heterocycles. The lowest BCUT2D eigenvalue weighted by molar-refractivity contribution is -0.132. The van der Waals surface area contributed by atoms with Crippen molar-refractivity contribution in [3.8, 4) is 5.75 Å². The summed E-state index contributed by atoms with van der Waals surface area (Å²) in [4.78, 5) is 25.6. The second kappa shape index (κ2) is 8.85. The molecule has 140 valence electrons. The molecule has 3 rings (SSSR count). The van der Waals surface area contributed by atoms with Gasteiger partial charge in [0.25, 0.3) is 5.56 Å². The van der Waals surface area contributed by atoms with Crippen LogP contribution in [0.4, 0.5) is 0 Å². The molecule has 1 aromatic carbocycles. The van der Waals surface area contributed by atoms with Crippen LogP contribution in [0.5, 0.6) is 5.75 Å². The first-order chi connectivity index (χ1) is 12.0. The molecule has 0 saturated carbocycles. The normalized spacial score (nSPS) is 14.6. The summed E-state index contributed by atoms with van der Waals surface area (Å²) < 4.78 is 7.18. The Balaban J connectivity index is 0.00000243. The van der Waals surface area contributed by atoms with E-state index in [1.165, 1.54) is 10.7 Å². The summed E-state index contributed by atoms with van der Waals surface area (Å²) in [5.41, 5.74) is 0.416. The lowest BCUT2D eigenvalue weighted by Gasteiger charge is -2.32. The van der Waals surface area contributed by atoms with Crippen LogP contribution >= 0.6 is 11.6 Å². The van der Waals surface area contributed by atoms with Crippen LogP contribution in [0.1, 0.15) is 26.0 Å². The molecular formula is C19H24ClN3O3. The zero-order chi connectivity index (χ0) is 17.8. The quantitative estimate of drug-likeness (QED) is 0.821. The van der Waals surface area contributed by atoms with Gasteiger partial charge < -0.3 is 9.64 Å². The first-order valence-corrected chi connectivity index (χ1v) is 8.62. The van der Waals surface area contributed by atoms with Crippen LogP contribution in [0, 0.1) is 0 Å². The summed E-state index contributed by atoms with van der Waals surface area (Å²) >= 11 is 5.97. The monoisotopic (exact) mass is 377 g/mol. The van der Waals surface area contributed by atoms with Gasteiger partial charge in [-0.1, -0.05) is 25.1 Å². The molecule has 7 heteroatoms. The molecule has 1 aliphatic rings. The van der Waals surface area contributed by atoms with Crippen LogP contribution in [0.3, 0.4) is 0 Å². The number of piperidine rings is 1. The maximum Gasteiger partial charge on any atom is 0.266 e. The van der Waals surface area contributed by atoms with E-state index in [4.69, 9.17) is 16.3 Å². The Hall–Kier alpha value is -2.34. The van der Waals surface area contributed by atoms with Crippen molar-refractivity contribution >= 4 is 17.5 Å². The Labute approximate surface area is 158 Å². The number of amides is 1. The number of likely N-dealkylation sites (tertiary alicyclic amines) is 1. The van der Waals surface area contributed by atoms with Gasteiger partial charge in [-0.05, 0) is 24.3 Å². The third kappa shape index (κ3) is 5.08. The topological polar surface area (TPSA) is 64.4 Å². The number of benzene rings is 1. The van der Waals surface area contributed by atoms with E-state index in [0.29, 0.717) is 23.8 Å². The molecule has 1 saturated heterocycles. The van der Waals surface area contributed by atoms with Crippen molar-refractivity contribution in [3.05, 3.63) is 57.5 Å². The molecule has 2 heterocycles. The van der Waals surface area contributed by atoms with Crippen LogP contribution in [-0.4, -0.2) is 39.8 Å². The fourth-order valence-electron chi connectivity index (χ4n) is 2.87. The molecule has 0 N–H and O–H groups in total. The maximum atomic E-state index is 12.4. The summed E-state index contributed by atoms with van der Waals surface area (Å²) in [6, 6.07) is 10.4. The van der Waals surface area contributed by atoms with E-state index in [1.54, 1.807) is 19.2 Å². The second-order valence-corrected chi connectivity index (χ2v) is 6.56. The van der Waals surface area contributed by atoms with E-state index < -0.39 is 0 Å². The molecule has 1 aliphatic heterocycles. The molecule has 0 bridgehead atoms. The number of carbonyl (C=O) groups is 1. The van der Waals surface area contributed by atoms with E-state index in [2.05, 4.69) is 5.10 Å². The van der Waals surface area contributed by atoms with Gasteiger partial charge in [-0.15, -0.1) is 0 Å². The Bertz CT molecular complexity index is 814. The minimum Gasteiger partial charge on any atom is -0.490 e. The highest BCUT2D eigenvalue weighted by Gasteiger charge is 2.24. The number of rotatable bonds is 4. The molecule has 0 aliphatic carbocycles. The van der Waals surface area contributed by atoms with Crippen LogP contribution in [-0.2, 0) is 18.3 Å². The molecule has 1 fully saturated rings. The zero-order valence-corrected chi connectivity index (χ0v) is 14.8. The van der Waals surface area contributed by atoms with Gasteiger partial charge in [-0.25, -0.2) is 4.68 Å². The minimum atomic E-state index is -0.185. The Morgan fingerprint density at radius 3 is 2.65 bits per heavy atom. The number of hydrogen-bond donors (Lipinski definition) is 0. The number of aryl methyl sites for hydroxylation is 1. The standard InChI is InChI=1S/C18H20ClN3O3.CH4/c1-21-17(23)6-5-14(20-21)12-18(24)22-9-7-15(8-10-22)25-16-4-2-3-13(19)11-16;/h2-6,11,15H,7-10,12H2,1H3;1H4. The number of nitrogens with zero attached hydrogens (tertiary/aromatic N) is 3. The second-order valence-electron chi connectivity index (χ2n) is 6.12. The predicted octanol–water partition coefficient (Wildman–Crippen LogP) is 2.68. The lowest BCUT2D eigenvalue weighted by atomic mass is 10.1. The molecule has 0 radical (unpaired) electrons. The smallest absolute Gasteiger partial charge is 0.266 e. The van der Waals surface area contributed by atoms with E-state index in [1.807, 2.05) is 23.1 Å². The first-order valence-electron chi connectivity index (χ1n) is 8.24. The van der Waals surface area contributed by atoms with Crippen molar-refractivity contribution in [1.29, 1.82) is 0 Å². The summed E-state index contributed by atoms with van der Waals surface area (Å²) in [6.45, 7) is 1.30. The van der Waals surface area contributed by atoms with Crippen molar-refractivity contribution in [3.63, 3.8) is 0 Å². The van der Waals surface area contributed by atoms with Crippen LogP contribution in [0.15, 0.2) is 41.2 Å². The zero-order valence-electron chi connectivity index (χ0n) is 14.0. The summed E-state index contributed by atoms with van der Waals surface area (Å²) in [5.74, 6) is 0.777. The fourth-order valence-corrected chi connectivity index (χ4v) is 3.05. The van der Waals surface area contributed by atoms with Crippen molar-refractivity contribution in [2.45, 2.75) is 32.8 Å². The molecule has 0 unspecified atom stereocenters. The van der Waals surface area contributed by atoms with E-state index in [9.17, 15) is 9.59 Å². The molecule has 2 aromatic rings. The molecule has 0 spiro atoms. The number of hydrogen-bond acceptors (Lipinski definition) is 4. The Morgan fingerprint density at radius 1 is 1.27 bits per heavy atom. The molecule has 26 heavy (non-hydrogen) atoms. The summed E-state index contributed by atoms with van der Waals surface area (Å²) in [6.07, 6.45) is 1.84. The molecule has 1 amide bonds. The Morgan fingerprint density at radius 2 is 2.00 bits per heavy atom. The van der Waals surface area contributed by atoms with Gasteiger partial charge in [0, 0.05) is 44.1 Å². The van der Waals surface area contributed by atoms with Gasteiger partial charge in [-0.2, -0.15) is 5.10 Å².